The molecule has 0 radical (unpaired) electrons. The molecule has 3 rings (SSSR count). The second-order valence-corrected chi connectivity index (χ2v) is 4.56. The largest absolute Gasteiger partial charge is 0.423 e. The summed E-state index contributed by atoms with van der Waals surface area (Å²) in [6, 6.07) is 4.01. The number of piperidine rings is 1. The highest BCUT2D eigenvalue weighted by molar-refractivity contribution is 5.85. The normalized spacial score (nSPS) is 18.8. The highest BCUT2D eigenvalue weighted by atomic mass is 16.6. The number of nitro benzene ring substituents is 1. The van der Waals surface area contributed by atoms with E-state index in [1.165, 1.54) is 18.2 Å². The van der Waals surface area contributed by atoms with E-state index in [9.17, 15) is 14.9 Å². The quantitative estimate of drug-likeness (QED) is 0.648. The van der Waals surface area contributed by atoms with Gasteiger partial charge in [-0.2, -0.15) is 4.98 Å². The molecule has 1 fully saturated rings. The number of non-ortho nitro benzene ring substituents is 1. The maximum Gasteiger partial charge on any atom is 0.296 e. The number of amides is 1. The SMILES string of the molecule is O=C1NCCCC1Nc1nc2ccc([N+](=O)[O-])cc2o1. The Morgan fingerprint density at radius 1 is 1.50 bits per heavy atom. The number of hydrogen-bond acceptors (Lipinski definition) is 6. The lowest BCUT2D eigenvalue weighted by Gasteiger charge is -2.21. The Morgan fingerprint density at radius 3 is 3.10 bits per heavy atom. The van der Waals surface area contributed by atoms with Crippen LogP contribution in [-0.4, -0.2) is 28.4 Å². The van der Waals surface area contributed by atoms with Crippen molar-refractivity contribution in [1.29, 1.82) is 0 Å². The summed E-state index contributed by atoms with van der Waals surface area (Å²) in [5, 5.41) is 16.3. The van der Waals surface area contributed by atoms with Crippen molar-refractivity contribution in [3.63, 3.8) is 0 Å². The summed E-state index contributed by atoms with van der Waals surface area (Å²) in [7, 11) is 0. The first kappa shape index (κ1) is 12.4. The fourth-order valence-electron chi connectivity index (χ4n) is 2.15. The topological polar surface area (TPSA) is 110 Å². The van der Waals surface area contributed by atoms with Crippen molar-refractivity contribution in [2.45, 2.75) is 18.9 Å². The minimum absolute atomic E-state index is 0.0596. The molecule has 1 unspecified atom stereocenters. The first-order valence-corrected chi connectivity index (χ1v) is 6.23. The highest BCUT2D eigenvalue weighted by Gasteiger charge is 2.23. The van der Waals surface area contributed by atoms with Crippen molar-refractivity contribution >= 4 is 28.7 Å². The van der Waals surface area contributed by atoms with Gasteiger partial charge in [0.15, 0.2) is 5.58 Å². The van der Waals surface area contributed by atoms with E-state index >= 15 is 0 Å². The van der Waals surface area contributed by atoms with Crippen molar-refractivity contribution in [2.75, 3.05) is 11.9 Å². The van der Waals surface area contributed by atoms with Crippen molar-refractivity contribution in [3.05, 3.63) is 28.3 Å². The van der Waals surface area contributed by atoms with Crippen molar-refractivity contribution in [3.8, 4) is 0 Å². The second kappa shape index (κ2) is 4.80. The van der Waals surface area contributed by atoms with Gasteiger partial charge in [-0.1, -0.05) is 0 Å². The number of benzene rings is 1. The molecule has 2 N–H and O–H groups in total. The summed E-state index contributed by atoms with van der Waals surface area (Å²) in [6.45, 7) is 0.677. The van der Waals surface area contributed by atoms with Gasteiger partial charge in [-0.3, -0.25) is 14.9 Å². The Hall–Kier alpha value is -2.64. The number of carbonyl (C=O) groups excluding carboxylic acids is 1. The van der Waals surface area contributed by atoms with Crippen LogP contribution in [0.25, 0.3) is 11.1 Å². The summed E-state index contributed by atoms with van der Waals surface area (Å²) in [4.78, 5) is 26.0. The van der Waals surface area contributed by atoms with Crippen LogP contribution in [0.5, 0.6) is 0 Å². The number of anilines is 1. The second-order valence-electron chi connectivity index (χ2n) is 4.56. The van der Waals surface area contributed by atoms with E-state index < -0.39 is 4.92 Å². The van der Waals surface area contributed by atoms with Gasteiger partial charge in [0.05, 0.1) is 11.0 Å². The molecule has 1 aromatic carbocycles. The third-order valence-corrected chi connectivity index (χ3v) is 3.17. The third-order valence-electron chi connectivity index (χ3n) is 3.17. The molecule has 1 aliphatic rings. The summed E-state index contributed by atoms with van der Waals surface area (Å²) in [5.74, 6) is -0.0931. The first-order valence-electron chi connectivity index (χ1n) is 6.23. The van der Waals surface area contributed by atoms with Crippen LogP contribution in [0.15, 0.2) is 22.6 Å². The Bertz CT molecular complexity index is 681. The molecule has 1 saturated heterocycles. The van der Waals surface area contributed by atoms with E-state index in [1.807, 2.05) is 0 Å². The van der Waals surface area contributed by atoms with Gasteiger partial charge in [-0.05, 0) is 18.9 Å². The van der Waals surface area contributed by atoms with Gasteiger partial charge < -0.3 is 15.1 Å². The van der Waals surface area contributed by atoms with Crippen molar-refractivity contribution < 1.29 is 14.1 Å². The summed E-state index contributed by atoms with van der Waals surface area (Å²) >= 11 is 0. The van der Waals surface area contributed by atoms with E-state index in [0.29, 0.717) is 24.1 Å². The van der Waals surface area contributed by atoms with Crippen LogP contribution in [0, 0.1) is 10.1 Å². The monoisotopic (exact) mass is 276 g/mol. The molecule has 0 saturated carbocycles. The molecule has 8 heteroatoms. The number of nitro groups is 1. The van der Waals surface area contributed by atoms with Gasteiger partial charge in [0.2, 0.25) is 5.91 Å². The molecule has 1 aliphatic heterocycles. The number of nitrogens with one attached hydrogen (secondary N) is 2. The summed E-state index contributed by atoms with van der Waals surface area (Å²) in [5.41, 5.74) is 0.767. The van der Waals surface area contributed by atoms with Gasteiger partial charge >= 0.3 is 0 Å². The smallest absolute Gasteiger partial charge is 0.296 e. The van der Waals surface area contributed by atoms with Gasteiger partial charge in [-0.25, -0.2) is 0 Å². The lowest BCUT2D eigenvalue weighted by molar-refractivity contribution is -0.384. The van der Waals surface area contributed by atoms with E-state index in [4.69, 9.17) is 4.42 Å². The van der Waals surface area contributed by atoms with Gasteiger partial charge in [-0.15, -0.1) is 0 Å². The predicted octanol–water partition coefficient (Wildman–Crippen LogP) is 1.43. The molecule has 20 heavy (non-hydrogen) atoms. The van der Waals surface area contributed by atoms with Crippen LogP contribution in [0.2, 0.25) is 0 Å². The van der Waals surface area contributed by atoms with Crippen molar-refractivity contribution in [2.24, 2.45) is 0 Å². The maximum atomic E-state index is 11.6. The zero-order valence-electron chi connectivity index (χ0n) is 10.5. The number of fused-ring (bicyclic) bond motifs is 1. The predicted molar refractivity (Wildman–Crippen MR) is 70.3 cm³/mol. The van der Waals surface area contributed by atoms with E-state index in [1.54, 1.807) is 0 Å². The number of carbonyl (C=O) groups is 1. The summed E-state index contributed by atoms with van der Waals surface area (Å²) in [6.07, 6.45) is 1.58. The first-order chi connectivity index (χ1) is 9.63. The molecule has 0 aliphatic carbocycles. The zero-order chi connectivity index (χ0) is 14.1. The van der Waals surface area contributed by atoms with E-state index in [-0.39, 0.29) is 23.7 Å². The average Bonchev–Trinajstić information content (AvgIpc) is 2.82. The molecule has 1 atom stereocenters. The number of aromatic nitrogens is 1. The van der Waals surface area contributed by atoms with Crippen LogP contribution in [0.4, 0.5) is 11.7 Å². The fourth-order valence-corrected chi connectivity index (χ4v) is 2.15. The third kappa shape index (κ3) is 2.27. The molecular weight excluding hydrogens is 264 g/mol. The van der Waals surface area contributed by atoms with Gasteiger partial charge in [0.1, 0.15) is 11.6 Å². The van der Waals surface area contributed by atoms with E-state index in [0.717, 1.165) is 6.42 Å². The zero-order valence-corrected chi connectivity index (χ0v) is 10.5. The van der Waals surface area contributed by atoms with Gasteiger partial charge in [0.25, 0.3) is 11.7 Å². The minimum atomic E-state index is -0.496. The molecule has 1 aromatic heterocycles. The number of hydrogen-bond donors (Lipinski definition) is 2. The standard InChI is InChI=1S/C12H12N4O4/c17-11-9(2-1-5-13-11)15-12-14-8-4-3-7(16(18)19)6-10(8)20-12/h3-4,6,9H,1-2,5H2,(H,13,17)(H,14,15). The number of oxazole rings is 1. The van der Waals surface area contributed by atoms with Gasteiger partial charge in [0, 0.05) is 12.6 Å². The van der Waals surface area contributed by atoms with Crippen LogP contribution >= 0.6 is 0 Å². The Labute approximate surface area is 113 Å². The molecule has 0 spiro atoms. The highest BCUT2D eigenvalue weighted by Crippen LogP contribution is 2.24. The van der Waals surface area contributed by atoms with Crippen LogP contribution in [0.1, 0.15) is 12.8 Å². The van der Waals surface area contributed by atoms with Crippen LogP contribution in [0.3, 0.4) is 0 Å². The Balaban J connectivity index is 1.85. The lowest BCUT2D eigenvalue weighted by Crippen LogP contribution is -2.44. The molecule has 2 heterocycles. The van der Waals surface area contributed by atoms with Crippen LogP contribution in [-0.2, 0) is 4.79 Å². The van der Waals surface area contributed by atoms with Crippen LogP contribution < -0.4 is 10.6 Å². The fraction of sp³-hybridized carbons (Fsp3) is 0.333. The Kier molecular flexibility index (Phi) is 2.97. The Morgan fingerprint density at radius 2 is 2.35 bits per heavy atom. The van der Waals surface area contributed by atoms with E-state index in [2.05, 4.69) is 15.6 Å². The molecule has 104 valence electrons. The molecule has 8 nitrogen and oxygen atoms in total. The minimum Gasteiger partial charge on any atom is -0.423 e. The summed E-state index contributed by atoms with van der Waals surface area (Å²) < 4.78 is 5.40. The molecule has 2 aromatic rings. The molecule has 1 amide bonds. The molecule has 0 bridgehead atoms. The van der Waals surface area contributed by atoms with Crippen molar-refractivity contribution in [1.82, 2.24) is 10.3 Å². The number of nitrogens with zero attached hydrogens (tertiary/aromatic N) is 2. The average molecular weight is 276 g/mol. The molecular formula is C12H12N4O4. The maximum absolute atomic E-state index is 11.6. The number of rotatable bonds is 3. The lowest BCUT2D eigenvalue weighted by atomic mass is 10.1.